The summed E-state index contributed by atoms with van der Waals surface area (Å²) in [4.78, 5) is 27.8. The lowest BCUT2D eigenvalue weighted by Crippen LogP contribution is -2.55. The van der Waals surface area contributed by atoms with E-state index in [4.69, 9.17) is 0 Å². The van der Waals surface area contributed by atoms with Crippen LogP contribution in [0, 0.1) is 5.41 Å². The Morgan fingerprint density at radius 1 is 1.12 bits per heavy atom. The summed E-state index contributed by atoms with van der Waals surface area (Å²) < 4.78 is 1.09. The lowest BCUT2D eigenvalue weighted by Gasteiger charge is -2.45. The Balaban J connectivity index is 1.25. The number of nitrogens with zero attached hydrogens (tertiary/aromatic N) is 4. The van der Waals surface area contributed by atoms with Gasteiger partial charge in [0, 0.05) is 50.9 Å². The maximum Gasteiger partial charge on any atom is 0.264 e. The second kappa shape index (κ2) is 7.95. The average Bonchev–Trinajstić information content (AvgIpc) is 3.58. The van der Waals surface area contributed by atoms with Gasteiger partial charge >= 0.3 is 0 Å². The first-order valence-corrected chi connectivity index (χ1v) is 12.7. The Labute approximate surface area is 198 Å². The number of aromatic nitrogens is 2. The Kier molecular flexibility index (Phi) is 5.03. The molecule has 0 aromatic carbocycles. The summed E-state index contributed by atoms with van der Waals surface area (Å²) in [5.41, 5.74) is 2.62. The molecule has 0 spiro atoms. The van der Waals surface area contributed by atoms with Crippen LogP contribution < -0.4 is 15.5 Å². The molecule has 2 N–H and O–H groups in total. The standard InChI is InChI=1S/C25H30N6OS/c1-25(2)14-31(15-25)24(32)23-22(16-3-4-16)18-11-21(28-13-19(18)33-23)29-20-6-5-17(12-27-20)30-9-7-26-8-10-30/h5-6,11-13,16,26H,3-4,7-10,14-15H2,1-2H3,(H,27,28,29). The first-order valence-electron chi connectivity index (χ1n) is 11.9. The number of hydrogen-bond acceptors (Lipinski definition) is 7. The van der Waals surface area contributed by atoms with Crippen LogP contribution in [0.25, 0.3) is 10.1 Å². The second-order valence-electron chi connectivity index (χ2n) is 10.3. The van der Waals surface area contributed by atoms with E-state index in [1.165, 1.54) is 10.9 Å². The van der Waals surface area contributed by atoms with E-state index in [1.807, 2.05) is 23.4 Å². The van der Waals surface area contributed by atoms with Gasteiger partial charge in [-0.15, -0.1) is 11.3 Å². The van der Waals surface area contributed by atoms with Crippen molar-refractivity contribution < 1.29 is 4.79 Å². The van der Waals surface area contributed by atoms with Crippen molar-refractivity contribution in [2.24, 2.45) is 5.41 Å². The van der Waals surface area contributed by atoms with E-state index in [9.17, 15) is 4.79 Å². The van der Waals surface area contributed by atoms with Crippen LogP contribution in [0.4, 0.5) is 17.3 Å². The third-order valence-electron chi connectivity index (χ3n) is 6.81. The molecule has 2 saturated heterocycles. The topological polar surface area (TPSA) is 73.4 Å². The average molecular weight is 463 g/mol. The molecule has 2 aliphatic heterocycles. The molecular weight excluding hydrogens is 432 g/mol. The van der Waals surface area contributed by atoms with Crippen molar-refractivity contribution >= 4 is 44.7 Å². The maximum absolute atomic E-state index is 13.3. The van der Waals surface area contributed by atoms with E-state index < -0.39 is 0 Å². The summed E-state index contributed by atoms with van der Waals surface area (Å²) in [5, 5.41) is 7.91. The predicted octanol–water partition coefficient (Wildman–Crippen LogP) is 4.20. The number of fused-ring (bicyclic) bond motifs is 1. The van der Waals surface area contributed by atoms with Crippen molar-refractivity contribution in [2.45, 2.75) is 32.6 Å². The minimum atomic E-state index is 0.192. The first-order chi connectivity index (χ1) is 16.0. The smallest absolute Gasteiger partial charge is 0.264 e. The summed E-state index contributed by atoms with van der Waals surface area (Å²) in [7, 11) is 0. The van der Waals surface area contributed by atoms with Crippen LogP contribution in [0.15, 0.2) is 30.6 Å². The highest BCUT2D eigenvalue weighted by Gasteiger charge is 2.40. The van der Waals surface area contributed by atoms with Crippen molar-refractivity contribution in [1.29, 1.82) is 0 Å². The SMILES string of the molecule is CC1(C)CN(C(=O)c2sc3cnc(Nc4ccc(N5CCNCC5)cn4)cc3c2C2CC2)C1. The van der Waals surface area contributed by atoms with Crippen molar-refractivity contribution in [2.75, 3.05) is 49.5 Å². The molecule has 172 valence electrons. The predicted molar refractivity (Wildman–Crippen MR) is 134 cm³/mol. The molecule has 3 aromatic rings. The summed E-state index contributed by atoms with van der Waals surface area (Å²) in [6.45, 7) is 10.1. The van der Waals surface area contributed by atoms with Crippen LogP contribution in [0.3, 0.4) is 0 Å². The molecule has 0 radical (unpaired) electrons. The number of thiophene rings is 1. The van der Waals surface area contributed by atoms with Gasteiger partial charge in [0.05, 0.1) is 21.5 Å². The molecule has 7 nitrogen and oxygen atoms in total. The van der Waals surface area contributed by atoms with E-state index >= 15 is 0 Å². The van der Waals surface area contributed by atoms with Gasteiger partial charge in [0.1, 0.15) is 11.6 Å². The number of anilines is 3. The van der Waals surface area contributed by atoms with Gasteiger partial charge in [-0.05, 0) is 47.9 Å². The van der Waals surface area contributed by atoms with Gasteiger partial charge in [0.25, 0.3) is 5.91 Å². The van der Waals surface area contributed by atoms with Gasteiger partial charge in [-0.1, -0.05) is 13.8 Å². The molecule has 1 amide bonds. The van der Waals surface area contributed by atoms with Gasteiger partial charge in [0.2, 0.25) is 0 Å². The van der Waals surface area contributed by atoms with Crippen LogP contribution in [0.2, 0.25) is 0 Å². The zero-order valence-electron chi connectivity index (χ0n) is 19.2. The van der Waals surface area contributed by atoms with Gasteiger partial charge in [-0.25, -0.2) is 9.97 Å². The van der Waals surface area contributed by atoms with Crippen molar-refractivity contribution in [3.05, 3.63) is 41.0 Å². The van der Waals surface area contributed by atoms with Crippen molar-refractivity contribution in [3.63, 3.8) is 0 Å². The van der Waals surface area contributed by atoms with Crippen molar-refractivity contribution in [3.8, 4) is 0 Å². The fraction of sp³-hybridized carbons (Fsp3) is 0.480. The van der Waals surface area contributed by atoms with Crippen LogP contribution in [0.1, 0.15) is 47.8 Å². The van der Waals surface area contributed by atoms with E-state index in [0.29, 0.717) is 5.92 Å². The summed E-state index contributed by atoms with van der Waals surface area (Å²) in [5.74, 6) is 2.24. The summed E-state index contributed by atoms with van der Waals surface area (Å²) in [6, 6.07) is 6.23. The Hall–Kier alpha value is -2.71. The Morgan fingerprint density at radius 3 is 2.55 bits per heavy atom. The second-order valence-corrected chi connectivity index (χ2v) is 11.3. The molecule has 3 fully saturated rings. The van der Waals surface area contributed by atoms with Crippen LogP contribution >= 0.6 is 11.3 Å². The van der Waals surface area contributed by atoms with Gasteiger partial charge in [0.15, 0.2) is 0 Å². The van der Waals surface area contributed by atoms with E-state index in [-0.39, 0.29) is 11.3 Å². The molecule has 0 unspecified atom stereocenters. The van der Waals surface area contributed by atoms with Crippen molar-refractivity contribution in [1.82, 2.24) is 20.2 Å². The van der Waals surface area contributed by atoms with Gasteiger partial charge < -0.3 is 20.4 Å². The third-order valence-corrected chi connectivity index (χ3v) is 7.95. The Bertz CT molecular complexity index is 1190. The number of carbonyl (C=O) groups is 1. The molecule has 1 aliphatic carbocycles. The normalized spacial score (nSPS) is 20.1. The minimum absolute atomic E-state index is 0.192. The lowest BCUT2D eigenvalue weighted by molar-refractivity contribution is 0.0240. The highest BCUT2D eigenvalue weighted by molar-refractivity contribution is 7.21. The molecule has 8 heteroatoms. The fourth-order valence-corrected chi connectivity index (χ4v) is 6.21. The zero-order valence-corrected chi connectivity index (χ0v) is 20.0. The monoisotopic (exact) mass is 462 g/mol. The number of piperazine rings is 1. The van der Waals surface area contributed by atoms with E-state index in [1.54, 1.807) is 11.3 Å². The first kappa shape index (κ1) is 20.9. The van der Waals surface area contributed by atoms with Gasteiger partial charge in [-0.2, -0.15) is 0 Å². The van der Waals surface area contributed by atoms with Crippen LogP contribution in [0.5, 0.6) is 0 Å². The molecule has 3 aromatic heterocycles. The lowest BCUT2D eigenvalue weighted by atomic mass is 9.84. The molecule has 1 saturated carbocycles. The van der Waals surface area contributed by atoms with Gasteiger partial charge in [-0.3, -0.25) is 4.79 Å². The number of likely N-dealkylation sites (tertiary alicyclic amines) is 1. The molecule has 6 rings (SSSR count). The summed E-state index contributed by atoms with van der Waals surface area (Å²) in [6.07, 6.45) is 6.16. The quantitative estimate of drug-likeness (QED) is 0.592. The largest absolute Gasteiger partial charge is 0.368 e. The molecule has 33 heavy (non-hydrogen) atoms. The molecule has 0 bridgehead atoms. The van der Waals surface area contributed by atoms with E-state index in [0.717, 1.165) is 79.0 Å². The fourth-order valence-electron chi connectivity index (χ4n) is 5.00. The zero-order chi connectivity index (χ0) is 22.6. The Morgan fingerprint density at radius 2 is 1.88 bits per heavy atom. The number of amides is 1. The highest BCUT2D eigenvalue weighted by atomic mass is 32.1. The highest BCUT2D eigenvalue weighted by Crippen LogP contribution is 2.49. The van der Waals surface area contributed by atoms with Crippen LogP contribution in [-0.2, 0) is 0 Å². The number of rotatable bonds is 5. The summed E-state index contributed by atoms with van der Waals surface area (Å²) >= 11 is 1.60. The molecule has 3 aliphatic rings. The van der Waals surface area contributed by atoms with Crippen LogP contribution in [-0.4, -0.2) is 60.0 Å². The maximum atomic E-state index is 13.3. The number of hydrogen-bond donors (Lipinski definition) is 2. The molecule has 0 atom stereocenters. The van der Waals surface area contributed by atoms with E-state index in [2.05, 4.69) is 51.5 Å². The number of pyridine rings is 2. The molecule has 5 heterocycles. The number of nitrogens with one attached hydrogen (secondary N) is 2. The molecular formula is C25H30N6OS. The number of carbonyl (C=O) groups excluding carboxylic acids is 1. The minimum Gasteiger partial charge on any atom is -0.368 e. The third kappa shape index (κ3) is 4.06.